The van der Waals surface area contributed by atoms with E-state index < -0.39 is 0 Å². The first-order valence-electron chi connectivity index (χ1n) is 12.0. The second kappa shape index (κ2) is 8.69. The Morgan fingerprint density at radius 3 is 2.29 bits per heavy atom. The van der Waals surface area contributed by atoms with Crippen molar-refractivity contribution in [2.75, 3.05) is 0 Å². The van der Waals surface area contributed by atoms with Crippen molar-refractivity contribution in [3.8, 4) is 0 Å². The molecule has 0 aliphatic heterocycles. The third-order valence-corrected chi connectivity index (χ3v) is 8.01. The molecule has 4 rings (SSSR count). The molecular weight excluding hydrogens is 376 g/mol. The van der Waals surface area contributed by atoms with Gasteiger partial charge in [0.2, 0.25) is 0 Å². The Morgan fingerprint density at radius 1 is 1.00 bits per heavy atom. The van der Waals surface area contributed by atoms with Crippen molar-refractivity contribution in [2.24, 2.45) is 17.3 Å². The molecule has 164 valence electrons. The molecule has 31 heavy (non-hydrogen) atoms. The molecule has 1 nitrogen and oxygen atoms in total. The van der Waals surface area contributed by atoms with Gasteiger partial charge in [0.25, 0.3) is 0 Å². The summed E-state index contributed by atoms with van der Waals surface area (Å²) in [6, 6.07) is 21.8. The quantitative estimate of drug-likeness (QED) is 0.434. The summed E-state index contributed by atoms with van der Waals surface area (Å²) in [5, 5.41) is 0. The number of hydrogen-bond acceptors (Lipinski definition) is 1. The van der Waals surface area contributed by atoms with Crippen molar-refractivity contribution in [1.29, 1.82) is 0 Å². The van der Waals surface area contributed by atoms with Crippen molar-refractivity contribution in [3.05, 3.63) is 96.3 Å². The molecule has 1 heteroatoms. The van der Waals surface area contributed by atoms with Gasteiger partial charge in [-0.2, -0.15) is 0 Å². The lowest BCUT2D eigenvalue weighted by molar-refractivity contribution is -0.0248. The molecule has 2 aromatic carbocycles. The van der Waals surface area contributed by atoms with Crippen LogP contribution in [0.1, 0.15) is 70.4 Å². The predicted octanol–water partition coefficient (Wildman–Crippen LogP) is 8.05. The molecule has 0 saturated heterocycles. The van der Waals surface area contributed by atoms with Gasteiger partial charge in [0.1, 0.15) is 11.9 Å². The van der Waals surface area contributed by atoms with E-state index in [1.165, 1.54) is 24.0 Å². The summed E-state index contributed by atoms with van der Waals surface area (Å²) in [5.74, 6) is 2.72. The summed E-state index contributed by atoms with van der Waals surface area (Å²) in [5.41, 5.74) is 2.75. The first-order chi connectivity index (χ1) is 14.8. The van der Waals surface area contributed by atoms with Gasteiger partial charge in [0.05, 0.1) is 0 Å². The Bertz CT molecular complexity index is 910. The molecule has 0 bridgehead atoms. The van der Waals surface area contributed by atoms with Crippen LogP contribution in [0.5, 0.6) is 0 Å². The Balaban J connectivity index is 1.63. The molecule has 0 radical (unpaired) electrons. The van der Waals surface area contributed by atoms with Crippen molar-refractivity contribution < 1.29 is 4.74 Å². The van der Waals surface area contributed by atoms with Gasteiger partial charge in [0.15, 0.2) is 0 Å². The van der Waals surface area contributed by atoms with Crippen LogP contribution < -0.4 is 0 Å². The van der Waals surface area contributed by atoms with Gasteiger partial charge >= 0.3 is 0 Å². The van der Waals surface area contributed by atoms with Crippen molar-refractivity contribution in [1.82, 2.24) is 0 Å². The second-order valence-electron chi connectivity index (χ2n) is 10.6. The Labute approximate surface area is 189 Å². The first kappa shape index (κ1) is 21.9. The van der Waals surface area contributed by atoms with Crippen LogP contribution in [0.25, 0.3) is 0 Å². The minimum absolute atomic E-state index is 0.0780. The van der Waals surface area contributed by atoms with Gasteiger partial charge in [-0.3, -0.25) is 0 Å². The highest BCUT2D eigenvalue weighted by molar-refractivity contribution is 5.34. The zero-order valence-corrected chi connectivity index (χ0v) is 19.7. The van der Waals surface area contributed by atoms with Crippen LogP contribution in [-0.4, -0.2) is 6.10 Å². The molecular formula is C30H38O. The monoisotopic (exact) mass is 414 g/mol. The lowest BCUT2D eigenvalue weighted by Gasteiger charge is -2.45. The van der Waals surface area contributed by atoms with Crippen LogP contribution in [0, 0.1) is 17.3 Å². The SMILES string of the molecule is C=C[C@@]1(C)C[C@@H](c2ccccc2)C=C1O[C@@H]1C[C@H](C)CC[C@H]1C(C)(C)c1ccccc1. The first-order valence-corrected chi connectivity index (χ1v) is 12.0. The number of benzene rings is 2. The molecule has 2 aromatic rings. The minimum atomic E-state index is -0.108. The van der Waals surface area contributed by atoms with E-state index in [1.54, 1.807) is 0 Å². The normalized spacial score (nSPS) is 31.2. The van der Waals surface area contributed by atoms with Gasteiger partial charge < -0.3 is 4.74 Å². The van der Waals surface area contributed by atoms with E-state index in [0.29, 0.717) is 17.8 Å². The van der Waals surface area contributed by atoms with Crippen molar-refractivity contribution in [2.45, 2.75) is 70.8 Å². The van der Waals surface area contributed by atoms with Crippen LogP contribution in [0.3, 0.4) is 0 Å². The standard InChI is InChI=1S/C30H38O/c1-6-30(5)21-24(23-13-9-7-10-14-23)20-28(30)31-27-19-22(2)17-18-26(27)29(3,4)25-15-11-8-12-16-25/h6-16,20,22,24,26-27H,1,17-19,21H2,2-5H3/t22-,24+,26-,27-,30+/m1/s1. The number of rotatable bonds is 6. The van der Waals surface area contributed by atoms with Crippen molar-refractivity contribution >= 4 is 0 Å². The zero-order valence-electron chi connectivity index (χ0n) is 19.7. The van der Waals surface area contributed by atoms with E-state index in [2.05, 4.69) is 107 Å². The number of hydrogen-bond donors (Lipinski definition) is 0. The second-order valence-corrected chi connectivity index (χ2v) is 10.6. The Kier molecular flexibility index (Phi) is 6.15. The van der Waals surface area contributed by atoms with Crippen LogP contribution in [0.15, 0.2) is 85.2 Å². The molecule has 0 spiro atoms. The highest BCUT2D eigenvalue weighted by Crippen LogP contribution is 2.50. The average Bonchev–Trinajstić information content (AvgIpc) is 3.12. The topological polar surface area (TPSA) is 9.23 Å². The number of allylic oxidation sites excluding steroid dienone is 2. The van der Waals surface area contributed by atoms with E-state index in [-0.39, 0.29) is 16.9 Å². The molecule has 5 atom stereocenters. The lowest BCUT2D eigenvalue weighted by atomic mass is 9.64. The lowest BCUT2D eigenvalue weighted by Crippen LogP contribution is -2.43. The summed E-state index contributed by atoms with van der Waals surface area (Å²) >= 11 is 0. The van der Waals surface area contributed by atoms with E-state index in [9.17, 15) is 0 Å². The predicted molar refractivity (Wildman–Crippen MR) is 131 cm³/mol. The highest BCUT2D eigenvalue weighted by atomic mass is 16.5. The molecule has 2 aliphatic carbocycles. The molecule has 0 heterocycles. The molecule has 0 N–H and O–H groups in total. The van der Waals surface area contributed by atoms with Gasteiger partial charge in [-0.25, -0.2) is 0 Å². The summed E-state index contributed by atoms with van der Waals surface area (Å²) in [6.45, 7) is 13.7. The summed E-state index contributed by atoms with van der Waals surface area (Å²) in [7, 11) is 0. The van der Waals surface area contributed by atoms with Gasteiger partial charge in [-0.05, 0) is 54.7 Å². The molecule has 1 fully saturated rings. The fourth-order valence-electron chi connectivity index (χ4n) is 5.79. The molecule has 0 unspecified atom stereocenters. The third kappa shape index (κ3) is 4.38. The van der Waals surface area contributed by atoms with Crippen LogP contribution in [-0.2, 0) is 10.2 Å². The Morgan fingerprint density at radius 2 is 1.65 bits per heavy atom. The van der Waals surface area contributed by atoms with E-state index >= 15 is 0 Å². The summed E-state index contributed by atoms with van der Waals surface area (Å²) in [4.78, 5) is 0. The largest absolute Gasteiger partial charge is 0.494 e. The molecule has 0 amide bonds. The summed E-state index contributed by atoms with van der Waals surface area (Å²) < 4.78 is 6.99. The minimum Gasteiger partial charge on any atom is -0.494 e. The van der Waals surface area contributed by atoms with Crippen LogP contribution in [0.4, 0.5) is 0 Å². The van der Waals surface area contributed by atoms with Gasteiger partial charge in [-0.1, -0.05) is 93.9 Å². The molecule has 2 aliphatic rings. The maximum absolute atomic E-state index is 6.99. The fraction of sp³-hybridized carbons (Fsp3) is 0.467. The Hall–Kier alpha value is -2.28. The number of ether oxygens (including phenoxy) is 1. The van der Waals surface area contributed by atoms with E-state index in [0.717, 1.165) is 18.6 Å². The van der Waals surface area contributed by atoms with Crippen molar-refractivity contribution in [3.63, 3.8) is 0 Å². The van der Waals surface area contributed by atoms with Crippen LogP contribution in [0.2, 0.25) is 0 Å². The average molecular weight is 415 g/mol. The maximum atomic E-state index is 6.99. The van der Waals surface area contributed by atoms with E-state index in [4.69, 9.17) is 4.74 Å². The smallest absolute Gasteiger partial charge is 0.103 e. The third-order valence-electron chi connectivity index (χ3n) is 8.01. The fourth-order valence-corrected chi connectivity index (χ4v) is 5.79. The maximum Gasteiger partial charge on any atom is 0.103 e. The van der Waals surface area contributed by atoms with Gasteiger partial charge in [-0.15, -0.1) is 6.58 Å². The zero-order chi connectivity index (χ0) is 22.1. The van der Waals surface area contributed by atoms with Crippen LogP contribution >= 0.6 is 0 Å². The highest BCUT2D eigenvalue weighted by Gasteiger charge is 2.44. The summed E-state index contributed by atoms with van der Waals surface area (Å²) in [6.07, 6.45) is 9.37. The molecule has 0 aromatic heterocycles. The van der Waals surface area contributed by atoms with Gasteiger partial charge in [0, 0.05) is 17.3 Å². The molecule has 1 saturated carbocycles. The van der Waals surface area contributed by atoms with E-state index in [1.807, 2.05) is 0 Å².